The van der Waals surface area contributed by atoms with E-state index in [0.717, 1.165) is 22.4 Å². The molecule has 3 heteroatoms. The van der Waals surface area contributed by atoms with E-state index in [0.29, 0.717) is 6.61 Å². The van der Waals surface area contributed by atoms with E-state index in [4.69, 9.17) is 10.5 Å². The summed E-state index contributed by atoms with van der Waals surface area (Å²) >= 11 is 0. The average molecular weight is 278 g/mol. The zero-order valence-electron chi connectivity index (χ0n) is 11.3. The molecule has 2 aromatic carbocycles. The summed E-state index contributed by atoms with van der Waals surface area (Å²) in [5, 5.41) is 0. The predicted octanol–water partition coefficient (Wildman–Crippen LogP) is 3.86. The third-order valence-electron chi connectivity index (χ3n) is 3.02. The van der Waals surface area contributed by atoms with Crippen LogP contribution in [0.1, 0.15) is 29.7 Å². The van der Waals surface area contributed by atoms with Gasteiger partial charge < -0.3 is 10.5 Å². The van der Waals surface area contributed by atoms with E-state index in [1.165, 1.54) is 0 Å². The molecule has 2 nitrogen and oxygen atoms in total. The van der Waals surface area contributed by atoms with Gasteiger partial charge in [-0.3, -0.25) is 0 Å². The molecule has 0 saturated carbocycles. The molecule has 2 rings (SSSR count). The van der Waals surface area contributed by atoms with Crippen molar-refractivity contribution in [2.45, 2.75) is 19.9 Å². The molecule has 0 bridgehead atoms. The van der Waals surface area contributed by atoms with Crippen LogP contribution in [0.5, 0.6) is 5.75 Å². The van der Waals surface area contributed by atoms with Crippen molar-refractivity contribution in [1.82, 2.24) is 0 Å². The molecule has 0 spiro atoms. The maximum Gasteiger partial charge on any atom is 0.127 e. The second-order valence-corrected chi connectivity index (χ2v) is 4.31. The normalized spacial score (nSPS) is 11.5. The minimum atomic E-state index is -0.146. The van der Waals surface area contributed by atoms with Gasteiger partial charge in [-0.15, -0.1) is 12.4 Å². The van der Waals surface area contributed by atoms with Crippen molar-refractivity contribution in [2.75, 3.05) is 6.61 Å². The highest BCUT2D eigenvalue weighted by atomic mass is 35.5. The maximum atomic E-state index is 6.34. The summed E-state index contributed by atoms with van der Waals surface area (Å²) in [7, 11) is 0. The molecule has 0 saturated heterocycles. The topological polar surface area (TPSA) is 35.2 Å². The second-order valence-electron chi connectivity index (χ2n) is 4.31. The largest absolute Gasteiger partial charge is 0.493 e. The minimum Gasteiger partial charge on any atom is -0.493 e. The molecular formula is C16H20ClNO. The van der Waals surface area contributed by atoms with E-state index in [9.17, 15) is 0 Å². The number of ether oxygens (including phenoxy) is 1. The zero-order chi connectivity index (χ0) is 13.0. The Morgan fingerprint density at radius 1 is 1.05 bits per heavy atom. The van der Waals surface area contributed by atoms with Crippen LogP contribution in [-0.4, -0.2) is 6.61 Å². The highest BCUT2D eigenvalue weighted by molar-refractivity contribution is 5.85. The van der Waals surface area contributed by atoms with Crippen molar-refractivity contribution in [2.24, 2.45) is 5.73 Å². The number of halogens is 1. The molecule has 19 heavy (non-hydrogen) atoms. The van der Waals surface area contributed by atoms with E-state index in [1.54, 1.807) is 0 Å². The molecule has 0 amide bonds. The number of hydrogen-bond acceptors (Lipinski definition) is 2. The fourth-order valence-electron chi connectivity index (χ4n) is 2.10. The lowest BCUT2D eigenvalue weighted by atomic mass is 9.97. The van der Waals surface area contributed by atoms with Gasteiger partial charge in [0.15, 0.2) is 0 Å². The molecule has 1 unspecified atom stereocenters. The fraction of sp³-hybridized carbons (Fsp3) is 0.250. The van der Waals surface area contributed by atoms with Gasteiger partial charge in [-0.2, -0.15) is 0 Å². The standard InChI is InChI=1S/C16H19NO.ClH/c1-3-18-16-12(2)8-7-11-14(16)15(17)13-9-5-4-6-10-13;/h4-11,15H,3,17H2,1-2H3;1H. The first-order chi connectivity index (χ1) is 8.74. The number of hydrogen-bond donors (Lipinski definition) is 1. The van der Waals surface area contributed by atoms with E-state index in [2.05, 4.69) is 0 Å². The Kier molecular flexibility index (Phi) is 5.87. The fourth-order valence-corrected chi connectivity index (χ4v) is 2.10. The van der Waals surface area contributed by atoms with Crippen molar-refractivity contribution in [3.05, 3.63) is 65.2 Å². The summed E-state index contributed by atoms with van der Waals surface area (Å²) < 4.78 is 5.73. The summed E-state index contributed by atoms with van der Waals surface area (Å²) in [5.41, 5.74) is 9.61. The van der Waals surface area contributed by atoms with Crippen LogP contribution >= 0.6 is 12.4 Å². The Balaban J connectivity index is 0.00000180. The van der Waals surface area contributed by atoms with E-state index in [1.807, 2.05) is 62.4 Å². The number of nitrogens with two attached hydrogens (primary N) is 1. The zero-order valence-corrected chi connectivity index (χ0v) is 12.1. The van der Waals surface area contributed by atoms with Gasteiger partial charge in [0.2, 0.25) is 0 Å². The summed E-state index contributed by atoms with van der Waals surface area (Å²) in [6.07, 6.45) is 0. The highest BCUT2D eigenvalue weighted by Crippen LogP contribution is 2.31. The molecule has 0 fully saturated rings. The molecule has 0 heterocycles. The van der Waals surface area contributed by atoms with Crippen LogP contribution in [0.25, 0.3) is 0 Å². The number of para-hydroxylation sites is 1. The van der Waals surface area contributed by atoms with Crippen molar-refractivity contribution in [3.63, 3.8) is 0 Å². The van der Waals surface area contributed by atoms with Gasteiger partial charge in [0.1, 0.15) is 5.75 Å². The van der Waals surface area contributed by atoms with Crippen LogP contribution < -0.4 is 10.5 Å². The summed E-state index contributed by atoms with van der Waals surface area (Å²) in [6, 6.07) is 16.1. The van der Waals surface area contributed by atoms with Crippen molar-refractivity contribution in [1.29, 1.82) is 0 Å². The quantitative estimate of drug-likeness (QED) is 0.921. The maximum absolute atomic E-state index is 6.34. The Labute approximate surface area is 121 Å². The molecule has 0 aliphatic rings. The van der Waals surface area contributed by atoms with Crippen LogP contribution in [-0.2, 0) is 0 Å². The summed E-state index contributed by atoms with van der Waals surface area (Å²) in [5.74, 6) is 0.913. The van der Waals surface area contributed by atoms with Gasteiger partial charge in [-0.25, -0.2) is 0 Å². The third kappa shape index (κ3) is 3.49. The van der Waals surface area contributed by atoms with E-state index >= 15 is 0 Å². The lowest BCUT2D eigenvalue weighted by molar-refractivity contribution is 0.333. The monoisotopic (exact) mass is 277 g/mol. The van der Waals surface area contributed by atoms with Gasteiger partial charge in [-0.1, -0.05) is 48.5 Å². The van der Waals surface area contributed by atoms with Crippen LogP contribution in [0.2, 0.25) is 0 Å². The molecule has 0 radical (unpaired) electrons. The van der Waals surface area contributed by atoms with Crippen LogP contribution in [0.15, 0.2) is 48.5 Å². The molecule has 2 aromatic rings. The number of benzene rings is 2. The predicted molar refractivity (Wildman–Crippen MR) is 82.1 cm³/mol. The smallest absolute Gasteiger partial charge is 0.127 e. The Morgan fingerprint density at radius 2 is 1.74 bits per heavy atom. The van der Waals surface area contributed by atoms with Gasteiger partial charge >= 0.3 is 0 Å². The van der Waals surface area contributed by atoms with Gasteiger partial charge in [0.05, 0.1) is 12.6 Å². The molecule has 102 valence electrons. The Morgan fingerprint density at radius 3 is 2.37 bits per heavy atom. The molecule has 2 N–H and O–H groups in total. The SMILES string of the molecule is CCOc1c(C)cccc1C(N)c1ccccc1.Cl. The van der Waals surface area contributed by atoms with Crippen molar-refractivity contribution >= 4 is 12.4 Å². The number of aryl methyl sites for hydroxylation is 1. The van der Waals surface area contributed by atoms with E-state index < -0.39 is 0 Å². The first kappa shape index (κ1) is 15.5. The number of rotatable bonds is 4. The highest BCUT2D eigenvalue weighted by Gasteiger charge is 2.15. The molecule has 1 atom stereocenters. The summed E-state index contributed by atoms with van der Waals surface area (Å²) in [6.45, 7) is 4.69. The first-order valence-corrected chi connectivity index (χ1v) is 6.27. The lowest BCUT2D eigenvalue weighted by Gasteiger charge is -2.18. The molecular weight excluding hydrogens is 258 g/mol. The van der Waals surface area contributed by atoms with Gasteiger partial charge in [-0.05, 0) is 25.0 Å². The molecule has 0 aliphatic carbocycles. The van der Waals surface area contributed by atoms with Crippen LogP contribution in [0.3, 0.4) is 0 Å². The average Bonchev–Trinajstić information content (AvgIpc) is 2.41. The Bertz CT molecular complexity index is 513. The molecule has 0 aliphatic heterocycles. The summed E-state index contributed by atoms with van der Waals surface area (Å²) in [4.78, 5) is 0. The second kappa shape index (κ2) is 7.17. The lowest BCUT2D eigenvalue weighted by Crippen LogP contribution is -2.14. The van der Waals surface area contributed by atoms with Crippen molar-refractivity contribution in [3.8, 4) is 5.75 Å². The third-order valence-corrected chi connectivity index (χ3v) is 3.02. The minimum absolute atomic E-state index is 0. The first-order valence-electron chi connectivity index (χ1n) is 6.27. The molecule has 0 aromatic heterocycles. The van der Waals surface area contributed by atoms with Gasteiger partial charge in [0, 0.05) is 5.56 Å². The van der Waals surface area contributed by atoms with Crippen molar-refractivity contribution < 1.29 is 4.74 Å². The van der Waals surface area contributed by atoms with E-state index in [-0.39, 0.29) is 18.4 Å². The van der Waals surface area contributed by atoms with Crippen LogP contribution in [0, 0.1) is 6.92 Å². The van der Waals surface area contributed by atoms with Gasteiger partial charge in [0.25, 0.3) is 0 Å². The Hall–Kier alpha value is -1.51. The van der Waals surface area contributed by atoms with Crippen LogP contribution in [0.4, 0.5) is 0 Å².